The molecule has 1 aliphatic rings. The molecule has 1 unspecified atom stereocenters. The third-order valence-corrected chi connectivity index (χ3v) is 4.27. The minimum atomic E-state index is 0.627. The Morgan fingerprint density at radius 1 is 1.37 bits per heavy atom. The lowest BCUT2D eigenvalue weighted by atomic mass is 9.83. The Balaban J connectivity index is 1.83. The van der Waals surface area contributed by atoms with E-state index in [9.17, 15) is 0 Å². The molecule has 0 amide bonds. The molecular weight excluding hydrogens is 234 g/mol. The third-order valence-electron chi connectivity index (χ3n) is 4.27. The van der Waals surface area contributed by atoms with E-state index in [0.717, 1.165) is 19.0 Å². The van der Waals surface area contributed by atoms with Crippen LogP contribution < -0.4 is 5.32 Å². The predicted molar refractivity (Wildman–Crippen MR) is 80.0 cm³/mol. The molecule has 0 saturated heterocycles. The van der Waals surface area contributed by atoms with Gasteiger partial charge in [0.1, 0.15) is 0 Å². The van der Waals surface area contributed by atoms with Crippen molar-refractivity contribution in [3.63, 3.8) is 0 Å². The van der Waals surface area contributed by atoms with Crippen molar-refractivity contribution >= 4 is 0 Å². The second-order valence-corrected chi connectivity index (χ2v) is 5.85. The quantitative estimate of drug-likeness (QED) is 0.853. The van der Waals surface area contributed by atoms with Gasteiger partial charge in [-0.05, 0) is 44.5 Å². The zero-order valence-electron chi connectivity index (χ0n) is 12.3. The van der Waals surface area contributed by atoms with Gasteiger partial charge in [0.05, 0.1) is 0 Å². The Morgan fingerprint density at radius 2 is 2.16 bits per heavy atom. The van der Waals surface area contributed by atoms with Crippen LogP contribution in [0.5, 0.6) is 0 Å². The molecule has 1 atom stereocenters. The summed E-state index contributed by atoms with van der Waals surface area (Å²) in [5, 5.41) is 3.53. The first-order chi connectivity index (χ1) is 9.29. The average Bonchev–Trinajstić information content (AvgIpc) is 2.47. The third kappa shape index (κ3) is 4.59. The fourth-order valence-electron chi connectivity index (χ4n) is 3.22. The Kier molecular flexibility index (Phi) is 5.80. The average molecular weight is 261 g/mol. The summed E-state index contributed by atoms with van der Waals surface area (Å²) in [5.41, 5.74) is 1.29. The molecule has 1 aliphatic carbocycles. The number of pyridine rings is 1. The van der Waals surface area contributed by atoms with Gasteiger partial charge in [0, 0.05) is 31.5 Å². The highest BCUT2D eigenvalue weighted by Crippen LogP contribution is 2.26. The summed E-state index contributed by atoms with van der Waals surface area (Å²) in [6.07, 6.45) is 10.8. The Hall–Kier alpha value is -0.930. The van der Waals surface area contributed by atoms with Crippen molar-refractivity contribution in [2.45, 2.75) is 44.7 Å². The second kappa shape index (κ2) is 7.61. The number of nitrogens with zero attached hydrogens (tertiary/aromatic N) is 2. The van der Waals surface area contributed by atoms with Gasteiger partial charge in [0.25, 0.3) is 0 Å². The Labute approximate surface area is 117 Å². The summed E-state index contributed by atoms with van der Waals surface area (Å²) in [4.78, 5) is 6.59. The zero-order chi connectivity index (χ0) is 13.5. The molecule has 2 rings (SSSR count). The molecule has 1 aromatic heterocycles. The summed E-state index contributed by atoms with van der Waals surface area (Å²) < 4.78 is 0. The fraction of sp³-hybridized carbons (Fsp3) is 0.688. The van der Waals surface area contributed by atoms with Crippen LogP contribution in [-0.4, -0.2) is 36.6 Å². The maximum Gasteiger partial charge on any atom is 0.0312 e. The molecule has 0 radical (unpaired) electrons. The summed E-state index contributed by atoms with van der Waals surface area (Å²) in [5.74, 6) is 0.857. The van der Waals surface area contributed by atoms with E-state index in [4.69, 9.17) is 0 Å². The van der Waals surface area contributed by atoms with Gasteiger partial charge in [-0.25, -0.2) is 0 Å². The standard InChI is InChI=1S/C16H27N3/c1-17-16(15-8-4-3-5-9-15)13-19(2)12-14-7-6-10-18-11-14/h6-7,10-11,15-17H,3-5,8-9,12-13H2,1-2H3. The minimum Gasteiger partial charge on any atom is -0.315 e. The fourth-order valence-corrected chi connectivity index (χ4v) is 3.22. The van der Waals surface area contributed by atoms with Gasteiger partial charge in [0.2, 0.25) is 0 Å². The lowest BCUT2D eigenvalue weighted by Crippen LogP contribution is -2.43. The lowest BCUT2D eigenvalue weighted by molar-refractivity contribution is 0.208. The molecule has 1 saturated carbocycles. The largest absolute Gasteiger partial charge is 0.315 e. The smallest absolute Gasteiger partial charge is 0.0312 e. The lowest BCUT2D eigenvalue weighted by Gasteiger charge is -2.33. The van der Waals surface area contributed by atoms with Crippen LogP contribution in [0.2, 0.25) is 0 Å². The molecule has 3 heteroatoms. The Bertz CT molecular complexity index is 346. The van der Waals surface area contributed by atoms with Gasteiger partial charge in [-0.15, -0.1) is 0 Å². The molecular formula is C16H27N3. The van der Waals surface area contributed by atoms with Crippen molar-refractivity contribution in [1.82, 2.24) is 15.2 Å². The molecule has 3 nitrogen and oxygen atoms in total. The van der Waals surface area contributed by atoms with E-state index in [1.807, 2.05) is 18.5 Å². The molecule has 106 valence electrons. The highest BCUT2D eigenvalue weighted by Gasteiger charge is 2.23. The van der Waals surface area contributed by atoms with Gasteiger partial charge in [0.15, 0.2) is 0 Å². The summed E-state index contributed by atoms with van der Waals surface area (Å²) in [6, 6.07) is 4.79. The van der Waals surface area contributed by atoms with Crippen molar-refractivity contribution in [3.05, 3.63) is 30.1 Å². The minimum absolute atomic E-state index is 0.627. The van der Waals surface area contributed by atoms with Gasteiger partial charge in [-0.1, -0.05) is 25.3 Å². The molecule has 0 spiro atoms. The molecule has 1 aromatic rings. The van der Waals surface area contributed by atoms with E-state index in [0.29, 0.717) is 6.04 Å². The highest BCUT2D eigenvalue weighted by atomic mass is 15.1. The molecule has 0 bridgehead atoms. The number of hydrogen-bond acceptors (Lipinski definition) is 3. The first-order valence-corrected chi connectivity index (χ1v) is 7.54. The zero-order valence-corrected chi connectivity index (χ0v) is 12.3. The normalized spacial score (nSPS) is 18.7. The van der Waals surface area contributed by atoms with E-state index in [2.05, 4.69) is 35.4 Å². The van der Waals surface area contributed by atoms with Gasteiger partial charge in [-0.3, -0.25) is 4.98 Å². The van der Waals surface area contributed by atoms with Crippen LogP contribution in [0.4, 0.5) is 0 Å². The van der Waals surface area contributed by atoms with Crippen molar-refractivity contribution in [2.75, 3.05) is 20.6 Å². The van der Waals surface area contributed by atoms with E-state index in [1.54, 1.807) is 0 Å². The first-order valence-electron chi connectivity index (χ1n) is 7.54. The number of hydrogen-bond donors (Lipinski definition) is 1. The number of likely N-dealkylation sites (N-methyl/N-ethyl adjacent to an activating group) is 2. The van der Waals surface area contributed by atoms with Crippen molar-refractivity contribution in [1.29, 1.82) is 0 Å². The number of aromatic nitrogens is 1. The Morgan fingerprint density at radius 3 is 2.79 bits per heavy atom. The van der Waals surface area contributed by atoms with Crippen LogP contribution >= 0.6 is 0 Å². The monoisotopic (exact) mass is 261 g/mol. The van der Waals surface area contributed by atoms with Crippen molar-refractivity contribution in [2.24, 2.45) is 5.92 Å². The molecule has 0 aliphatic heterocycles. The second-order valence-electron chi connectivity index (χ2n) is 5.85. The van der Waals surface area contributed by atoms with E-state index >= 15 is 0 Å². The molecule has 1 N–H and O–H groups in total. The van der Waals surface area contributed by atoms with E-state index < -0.39 is 0 Å². The molecule has 0 aromatic carbocycles. The SMILES string of the molecule is CNC(CN(C)Cc1cccnc1)C1CCCCC1. The predicted octanol–water partition coefficient (Wildman–Crippen LogP) is 2.68. The van der Waals surface area contributed by atoms with Crippen LogP contribution in [0, 0.1) is 5.92 Å². The van der Waals surface area contributed by atoms with Crippen molar-refractivity contribution < 1.29 is 0 Å². The molecule has 1 heterocycles. The van der Waals surface area contributed by atoms with Crippen molar-refractivity contribution in [3.8, 4) is 0 Å². The van der Waals surface area contributed by atoms with Crippen LogP contribution in [0.25, 0.3) is 0 Å². The van der Waals surface area contributed by atoms with E-state index in [-0.39, 0.29) is 0 Å². The summed E-state index contributed by atoms with van der Waals surface area (Å²) >= 11 is 0. The van der Waals surface area contributed by atoms with Crippen LogP contribution in [0.3, 0.4) is 0 Å². The molecule has 1 fully saturated rings. The topological polar surface area (TPSA) is 28.2 Å². The van der Waals surface area contributed by atoms with Gasteiger partial charge >= 0.3 is 0 Å². The van der Waals surface area contributed by atoms with Gasteiger partial charge < -0.3 is 10.2 Å². The molecule has 19 heavy (non-hydrogen) atoms. The summed E-state index contributed by atoms with van der Waals surface area (Å²) in [7, 11) is 4.32. The maximum atomic E-state index is 4.18. The first kappa shape index (κ1) is 14.5. The maximum absolute atomic E-state index is 4.18. The van der Waals surface area contributed by atoms with Crippen LogP contribution in [-0.2, 0) is 6.54 Å². The van der Waals surface area contributed by atoms with E-state index in [1.165, 1.54) is 37.7 Å². The number of nitrogens with one attached hydrogen (secondary N) is 1. The van der Waals surface area contributed by atoms with Crippen LogP contribution in [0.1, 0.15) is 37.7 Å². The van der Waals surface area contributed by atoms with Crippen LogP contribution in [0.15, 0.2) is 24.5 Å². The number of rotatable bonds is 6. The summed E-state index contributed by atoms with van der Waals surface area (Å²) in [6.45, 7) is 2.11. The van der Waals surface area contributed by atoms with Gasteiger partial charge in [-0.2, -0.15) is 0 Å². The highest BCUT2D eigenvalue weighted by molar-refractivity contribution is 5.08.